The number of benzene rings is 12. The molecule has 0 saturated carbocycles. The van der Waals surface area contributed by atoms with Crippen LogP contribution >= 0.6 is 0 Å². The molecule has 13 rings (SSSR count). The van der Waals surface area contributed by atoms with E-state index in [0.717, 1.165) is 32.9 Å². The van der Waals surface area contributed by atoms with Gasteiger partial charge in [0.2, 0.25) is 0 Å². The van der Waals surface area contributed by atoms with Gasteiger partial charge in [-0.1, -0.05) is 158 Å². The van der Waals surface area contributed by atoms with Gasteiger partial charge in [-0.2, -0.15) is 0 Å². The van der Waals surface area contributed by atoms with E-state index in [2.05, 4.69) is 182 Å². The zero-order valence-corrected chi connectivity index (χ0v) is 29.7. The first-order valence-electron chi connectivity index (χ1n) is 19.1. The maximum atomic E-state index is 7.22. The summed E-state index contributed by atoms with van der Waals surface area (Å²) >= 11 is 0. The molecular formula is C54H30O. The summed E-state index contributed by atoms with van der Waals surface area (Å²) in [5, 5.41) is 22.2. The SMILES string of the molecule is c1ccc2c(c1)ccc1c(-c3cc(-c4ccc5ccc6cccc7ccc4c5c67)cc4c3oc3c5ccccc5ccc43)c3c(ccc4ccccc43)cc12. The maximum absolute atomic E-state index is 7.22. The molecule has 0 bridgehead atoms. The lowest BCUT2D eigenvalue weighted by Gasteiger charge is -2.18. The van der Waals surface area contributed by atoms with Crippen molar-refractivity contribution in [1.29, 1.82) is 0 Å². The molecule has 0 saturated heterocycles. The Morgan fingerprint density at radius 3 is 1.64 bits per heavy atom. The second kappa shape index (κ2) is 10.7. The minimum absolute atomic E-state index is 0.919. The Morgan fingerprint density at radius 1 is 0.255 bits per heavy atom. The Balaban J connectivity index is 1.25. The van der Waals surface area contributed by atoms with E-state index in [4.69, 9.17) is 4.42 Å². The van der Waals surface area contributed by atoms with E-state index in [1.54, 1.807) is 0 Å². The predicted molar refractivity (Wildman–Crippen MR) is 236 cm³/mol. The van der Waals surface area contributed by atoms with Crippen molar-refractivity contribution < 1.29 is 4.42 Å². The number of rotatable bonds is 2. The molecule has 13 aromatic rings. The summed E-state index contributed by atoms with van der Waals surface area (Å²) in [6.07, 6.45) is 0. The molecule has 1 heterocycles. The summed E-state index contributed by atoms with van der Waals surface area (Å²) < 4.78 is 7.22. The molecule has 252 valence electrons. The Kier molecular flexibility index (Phi) is 5.69. The molecule has 55 heavy (non-hydrogen) atoms. The van der Waals surface area contributed by atoms with Gasteiger partial charge in [0.25, 0.3) is 0 Å². The fourth-order valence-corrected chi connectivity index (χ4v) is 9.86. The van der Waals surface area contributed by atoms with Crippen LogP contribution in [-0.2, 0) is 0 Å². The molecule has 0 aliphatic rings. The average Bonchev–Trinajstić information content (AvgIpc) is 3.63. The Bertz CT molecular complexity index is 3750. The van der Waals surface area contributed by atoms with Crippen LogP contribution in [0.25, 0.3) is 130 Å². The van der Waals surface area contributed by atoms with Crippen molar-refractivity contribution in [3.05, 3.63) is 182 Å². The number of hydrogen-bond donors (Lipinski definition) is 0. The molecule has 0 N–H and O–H groups in total. The van der Waals surface area contributed by atoms with Gasteiger partial charge in [-0.3, -0.25) is 0 Å². The fraction of sp³-hybridized carbons (Fsp3) is 0. The van der Waals surface area contributed by atoms with Gasteiger partial charge in [-0.05, 0) is 116 Å². The monoisotopic (exact) mass is 694 g/mol. The van der Waals surface area contributed by atoms with Crippen molar-refractivity contribution in [2.45, 2.75) is 0 Å². The van der Waals surface area contributed by atoms with Gasteiger partial charge in [0.1, 0.15) is 11.2 Å². The molecule has 1 heteroatoms. The molecule has 12 aromatic carbocycles. The third-order valence-electron chi connectivity index (χ3n) is 12.3. The van der Waals surface area contributed by atoms with Crippen molar-refractivity contribution in [2.75, 3.05) is 0 Å². The van der Waals surface area contributed by atoms with Crippen LogP contribution in [0.1, 0.15) is 0 Å². The highest BCUT2D eigenvalue weighted by Gasteiger charge is 2.23. The van der Waals surface area contributed by atoms with Crippen LogP contribution in [-0.4, -0.2) is 0 Å². The molecule has 0 aliphatic carbocycles. The van der Waals surface area contributed by atoms with Crippen LogP contribution in [0.3, 0.4) is 0 Å². The van der Waals surface area contributed by atoms with Crippen LogP contribution in [0.4, 0.5) is 0 Å². The van der Waals surface area contributed by atoms with Gasteiger partial charge < -0.3 is 4.42 Å². The lowest BCUT2D eigenvalue weighted by Crippen LogP contribution is -1.91. The number of hydrogen-bond acceptors (Lipinski definition) is 1. The maximum Gasteiger partial charge on any atom is 0.143 e. The zero-order valence-electron chi connectivity index (χ0n) is 29.7. The third kappa shape index (κ3) is 3.97. The molecular weight excluding hydrogens is 665 g/mol. The van der Waals surface area contributed by atoms with Crippen LogP contribution in [0.2, 0.25) is 0 Å². The number of fused-ring (bicyclic) bond motifs is 11. The molecule has 0 fully saturated rings. The quantitative estimate of drug-likeness (QED) is 0.130. The highest BCUT2D eigenvalue weighted by Crippen LogP contribution is 2.49. The van der Waals surface area contributed by atoms with E-state index in [-0.39, 0.29) is 0 Å². The molecule has 0 aliphatic heterocycles. The van der Waals surface area contributed by atoms with Crippen molar-refractivity contribution in [3.8, 4) is 22.3 Å². The van der Waals surface area contributed by atoms with Crippen LogP contribution in [0, 0.1) is 0 Å². The Hall–Kier alpha value is -7.22. The summed E-state index contributed by atoms with van der Waals surface area (Å²) in [4.78, 5) is 0. The van der Waals surface area contributed by atoms with Gasteiger partial charge >= 0.3 is 0 Å². The first kappa shape index (κ1) is 29.3. The van der Waals surface area contributed by atoms with E-state index in [1.807, 2.05) is 0 Å². The highest BCUT2D eigenvalue weighted by atomic mass is 16.3. The Labute approximate surface area is 315 Å². The van der Waals surface area contributed by atoms with Gasteiger partial charge in [0.15, 0.2) is 0 Å². The summed E-state index contributed by atoms with van der Waals surface area (Å²) in [5.41, 5.74) is 6.58. The van der Waals surface area contributed by atoms with Crippen molar-refractivity contribution >= 4 is 108 Å². The summed E-state index contributed by atoms with van der Waals surface area (Å²) in [6.45, 7) is 0. The van der Waals surface area contributed by atoms with E-state index < -0.39 is 0 Å². The van der Waals surface area contributed by atoms with E-state index in [9.17, 15) is 0 Å². The van der Waals surface area contributed by atoms with Gasteiger partial charge in [-0.15, -0.1) is 0 Å². The number of furan rings is 1. The van der Waals surface area contributed by atoms with Gasteiger partial charge in [0, 0.05) is 27.3 Å². The minimum atomic E-state index is 0.919. The van der Waals surface area contributed by atoms with Crippen molar-refractivity contribution in [2.24, 2.45) is 0 Å². The highest BCUT2D eigenvalue weighted by molar-refractivity contribution is 6.30. The third-order valence-corrected chi connectivity index (χ3v) is 12.3. The average molecular weight is 695 g/mol. The van der Waals surface area contributed by atoms with Crippen LogP contribution in [0.5, 0.6) is 0 Å². The van der Waals surface area contributed by atoms with Gasteiger partial charge in [-0.25, -0.2) is 0 Å². The smallest absolute Gasteiger partial charge is 0.143 e. The minimum Gasteiger partial charge on any atom is -0.455 e. The molecule has 0 spiro atoms. The fourth-order valence-electron chi connectivity index (χ4n) is 9.86. The molecule has 1 nitrogen and oxygen atoms in total. The molecule has 0 unspecified atom stereocenters. The standard InChI is InChI=1S/C54H30O/c1-4-13-39-31(8-1)20-25-44-46(39)28-37-19-16-32-9-2-5-14-41(32)51(37)52(44)48-30-38(29-47-45-27-21-33-10-3-6-15-42(33)53(45)55-54(47)48)40-24-22-36-18-17-34-11-7-12-35-23-26-43(40)50(36)49(34)35/h1-30H. The molecule has 0 radical (unpaired) electrons. The largest absolute Gasteiger partial charge is 0.455 e. The Morgan fingerprint density at radius 2 is 0.818 bits per heavy atom. The predicted octanol–water partition coefficient (Wildman–Crippen LogP) is 15.6. The van der Waals surface area contributed by atoms with Crippen molar-refractivity contribution in [3.63, 3.8) is 0 Å². The van der Waals surface area contributed by atoms with Crippen LogP contribution in [0.15, 0.2) is 186 Å². The summed E-state index contributed by atoms with van der Waals surface area (Å²) in [6, 6.07) is 67.5. The van der Waals surface area contributed by atoms with E-state index >= 15 is 0 Å². The second-order valence-electron chi connectivity index (χ2n) is 15.2. The van der Waals surface area contributed by atoms with E-state index in [1.165, 1.54) is 97.5 Å². The van der Waals surface area contributed by atoms with Crippen LogP contribution < -0.4 is 0 Å². The summed E-state index contributed by atoms with van der Waals surface area (Å²) in [7, 11) is 0. The first-order chi connectivity index (χ1) is 27.3. The normalized spacial score (nSPS) is 12.4. The van der Waals surface area contributed by atoms with Gasteiger partial charge in [0.05, 0.1) is 0 Å². The zero-order chi connectivity index (χ0) is 35.8. The van der Waals surface area contributed by atoms with Crippen molar-refractivity contribution in [1.82, 2.24) is 0 Å². The molecule has 0 amide bonds. The first-order valence-corrected chi connectivity index (χ1v) is 19.1. The summed E-state index contributed by atoms with van der Waals surface area (Å²) in [5.74, 6) is 0. The lowest BCUT2D eigenvalue weighted by molar-refractivity contribution is 0.674. The lowest BCUT2D eigenvalue weighted by atomic mass is 9.85. The topological polar surface area (TPSA) is 13.1 Å². The molecule has 1 aromatic heterocycles. The van der Waals surface area contributed by atoms with E-state index in [0.29, 0.717) is 0 Å². The molecule has 0 atom stereocenters. The second-order valence-corrected chi connectivity index (χ2v) is 15.2.